The highest BCUT2D eigenvalue weighted by atomic mass is 16.7. The van der Waals surface area contributed by atoms with Gasteiger partial charge in [-0.3, -0.25) is 9.48 Å². The molecule has 0 aromatic carbocycles. The van der Waals surface area contributed by atoms with Gasteiger partial charge in [-0.2, -0.15) is 15.5 Å². The number of nitriles is 1. The highest BCUT2D eigenvalue weighted by Crippen LogP contribution is 2.41. The van der Waals surface area contributed by atoms with E-state index in [0.29, 0.717) is 36.0 Å². The van der Waals surface area contributed by atoms with Crippen molar-refractivity contribution in [1.82, 2.24) is 34.7 Å². The third kappa shape index (κ3) is 5.45. The predicted octanol–water partition coefficient (Wildman–Crippen LogP) is 5.05. The summed E-state index contributed by atoms with van der Waals surface area (Å²) in [6, 6.07) is 6.93. The van der Waals surface area contributed by atoms with Gasteiger partial charge in [-0.25, -0.2) is 14.5 Å². The Hall–Kier alpha value is -4.34. The van der Waals surface area contributed by atoms with Crippen molar-refractivity contribution in [2.24, 2.45) is 5.41 Å². The van der Waals surface area contributed by atoms with Gasteiger partial charge in [0.1, 0.15) is 23.0 Å². The van der Waals surface area contributed by atoms with Gasteiger partial charge in [0, 0.05) is 55.5 Å². The van der Waals surface area contributed by atoms with E-state index < -0.39 is 5.79 Å². The first-order valence-electron chi connectivity index (χ1n) is 17.1. The monoisotopic (exact) mass is 635 g/mol. The number of nitrogens with one attached hydrogen (secondary N) is 1. The minimum absolute atomic E-state index is 0.225. The summed E-state index contributed by atoms with van der Waals surface area (Å²) in [6.45, 7) is 5.04. The number of anilines is 1. The number of fused-ring (bicyclic) bond motifs is 1. The molecule has 8 rings (SSSR count). The molecule has 4 aromatic rings. The second-order valence-corrected chi connectivity index (χ2v) is 13.6. The van der Waals surface area contributed by atoms with Crippen molar-refractivity contribution >= 4 is 17.2 Å². The van der Waals surface area contributed by atoms with Gasteiger partial charge in [0.2, 0.25) is 5.91 Å². The van der Waals surface area contributed by atoms with Crippen LogP contribution in [0.15, 0.2) is 43.1 Å². The summed E-state index contributed by atoms with van der Waals surface area (Å²) in [6.07, 6.45) is 18.6. The van der Waals surface area contributed by atoms with Crippen LogP contribution in [0.25, 0.3) is 28.0 Å². The molecule has 0 radical (unpaired) electrons. The molecule has 1 spiro atoms. The zero-order chi connectivity index (χ0) is 32.0. The molecule has 0 unspecified atom stereocenters. The highest BCUT2D eigenvalue weighted by molar-refractivity contribution is 5.84. The molecule has 2 saturated carbocycles. The first kappa shape index (κ1) is 30.0. The molecule has 4 aromatic heterocycles. The molecule has 12 nitrogen and oxygen atoms in total. The average Bonchev–Trinajstić information content (AvgIpc) is 3.87. The van der Waals surface area contributed by atoms with Gasteiger partial charge in [0.15, 0.2) is 5.79 Å². The smallest absolute Gasteiger partial charge is 0.226 e. The minimum Gasteiger partial charge on any atom is -0.357 e. The number of carbonyl (C=O) groups is 1. The van der Waals surface area contributed by atoms with Crippen molar-refractivity contribution in [3.05, 3.63) is 48.7 Å². The summed E-state index contributed by atoms with van der Waals surface area (Å²) < 4.78 is 15.6. The summed E-state index contributed by atoms with van der Waals surface area (Å²) in [7, 11) is 0. The molecule has 0 atom stereocenters. The quantitative estimate of drug-likeness (QED) is 0.296. The molecular formula is C35H41N9O3. The Morgan fingerprint density at radius 2 is 1.79 bits per heavy atom. The van der Waals surface area contributed by atoms with Crippen molar-refractivity contribution in [2.75, 3.05) is 31.2 Å². The number of nitrogens with zero attached hydrogens (tertiary/aromatic N) is 8. The molecular weight excluding hydrogens is 594 g/mol. The van der Waals surface area contributed by atoms with Gasteiger partial charge >= 0.3 is 0 Å². The summed E-state index contributed by atoms with van der Waals surface area (Å²) in [5.74, 6) is 0.696. The Labute approximate surface area is 274 Å². The number of hydrogen-bond donors (Lipinski definition) is 1. The summed E-state index contributed by atoms with van der Waals surface area (Å²) >= 11 is 0. The van der Waals surface area contributed by atoms with E-state index in [4.69, 9.17) is 24.5 Å². The maximum Gasteiger partial charge on any atom is 0.226 e. The van der Waals surface area contributed by atoms with Gasteiger partial charge < -0.3 is 19.7 Å². The van der Waals surface area contributed by atoms with Gasteiger partial charge in [-0.05, 0) is 63.5 Å². The van der Waals surface area contributed by atoms with E-state index in [-0.39, 0.29) is 17.4 Å². The van der Waals surface area contributed by atoms with Crippen LogP contribution in [0.5, 0.6) is 0 Å². The summed E-state index contributed by atoms with van der Waals surface area (Å²) in [5.41, 5.74) is 3.86. The summed E-state index contributed by atoms with van der Waals surface area (Å²) in [4.78, 5) is 25.4. The van der Waals surface area contributed by atoms with E-state index in [9.17, 15) is 10.1 Å². The number of pyridine rings is 1. The number of amides is 1. The third-order valence-electron chi connectivity index (χ3n) is 11.1. The van der Waals surface area contributed by atoms with Gasteiger partial charge in [0.05, 0.1) is 54.6 Å². The van der Waals surface area contributed by atoms with Crippen molar-refractivity contribution in [3.63, 3.8) is 0 Å². The first-order chi connectivity index (χ1) is 23.0. The maximum atomic E-state index is 13.2. The third-order valence-corrected chi connectivity index (χ3v) is 11.1. The second-order valence-electron chi connectivity index (χ2n) is 13.6. The topological polar surface area (TPSA) is 135 Å². The van der Waals surface area contributed by atoms with E-state index in [2.05, 4.69) is 28.3 Å². The lowest BCUT2D eigenvalue weighted by Gasteiger charge is -2.42. The summed E-state index contributed by atoms with van der Waals surface area (Å²) in [5, 5.41) is 22.4. The lowest BCUT2D eigenvalue weighted by Crippen LogP contribution is -2.52. The van der Waals surface area contributed by atoms with Crippen LogP contribution in [0.1, 0.15) is 82.7 Å². The average molecular weight is 636 g/mol. The van der Waals surface area contributed by atoms with Crippen molar-refractivity contribution < 1.29 is 14.3 Å². The van der Waals surface area contributed by atoms with Gasteiger partial charge in [0.25, 0.3) is 0 Å². The molecule has 244 valence electrons. The zero-order valence-electron chi connectivity index (χ0n) is 26.9. The Balaban J connectivity index is 1.02. The fraction of sp³-hybridized carbons (Fsp3) is 0.543. The Bertz CT molecular complexity index is 1800. The molecule has 1 N–H and O–H groups in total. The molecule has 6 heterocycles. The zero-order valence-corrected chi connectivity index (χ0v) is 26.9. The molecule has 0 bridgehead atoms. The lowest BCUT2D eigenvalue weighted by molar-refractivity contribution is -0.181. The minimum atomic E-state index is -0.407. The molecule has 2 saturated heterocycles. The number of ether oxygens (including phenoxy) is 2. The molecule has 12 heteroatoms. The standard InChI is InChI=1S/C35H41N9O3/c1-2-34(33(45)40-27-4-3-5-27)12-14-42(15-13-34)30-7-6-24(19-37-30)31-32-25(18-36)20-39-44(32)23-29(41-31)26-21-38-43(22-26)28-8-10-35(11-9-28)46-16-17-47-35/h6-7,19-23,27-28H,2-5,8-17H2,1H3,(H,40,45). The van der Waals surface area contributed by atoms with Crippen molar-refractivity contribution in [3.8, 4) is 28.6 Å². The van der Waals surface area contributed by atoms with Gasteiger partial charge in [-0.15, -0.1) is 0 Å². The fourth-order valence-electron chi connectivity index (χ4n) is 7.71. The van der Waals surface area contributed by atoms with E-state index >= 15 is 0 Å². The van der Waals surface area contributed by atoms with Crippen LogP contribution < -0.4 is 10.2 Å². The number of hydrogen-bond acceptors (Lipinski definition) is 9. The molecule has 2 aliphatic heterocycles. The predicted molar refractivity (Wildman–Crippen MR) is 174 cm³/mol. The maximum absolute atomic E-state index is 13.2. The largest absolute Gasteiger partial charge is 0.357 e. The van der Waals surface area contributed by atoms with Crippen LogP contribution >= 0.6 is 0 Å². The SMILES string of the molecule is CCC1(C(=O)NC2CCC2)CCN(c2ccc(-c3nc(-c4cnn(C5CCC6(CC5)OCCO6)c4)cn4ncc(C#N)c34)cn2)CC1. The van der Waals surface area contributed by atoms with E-state index in [0.717, 1.165) is 93.5 Å². The molecule has 1 amide bonds. The molecule has 2 aliphatic carbocycles. The van der Waals surface area contributed by atoms with Crippen molar-refractivity contribution in [1.29, 1.82) is 5.26 Å². The van der Waals surface area contributed by atoms with Crippen LogP contribution in [0.3, 0.4) is 0 Å². The van der Waals surface area contributed by atoms with E-state index in [1.54, 1.807) is 10.7 Å². The van der Waals surface area contributed by atoms with Crippen LogP contribution in [0.4, 0.5) is 5.82 Å². The number of aromatic nitrogens is 6. The van der Waals surface area contributed by atoms with Gasteiger partial charge in [-0.1, -0.05) is 6.92 Å². The normalized spacial score (nSPS) is 21.1. The Morgan fingerprint density at radius 3 is 2.45 bits per heavy atom. The van der Waals surface area contributed by atoms with Crippen LogP contribution in [-0.4, -0.2) is 73.4 Å². The fourth-order valence-corrected chi connectivity index (χ4v) is 7.71. The van der Waals surface area contributed by atoms with Crippen LogP contribution in [0, 0.1) is 16.7 Å². The number of rotatable bonds is 7. The highest BCUT2D eigenvalue weighted by Gasteiger charge is 2.42. The van der Waals surface area contributed by atoms with Crippen molar-refractivity contribution in [2.45, 2.75) is 89.0 Å². The lowest BCUT2D eigenvalue weighted by atomic mass is 9.74. The Morgan fingerprint density at radius 1 is 1.00 bits per heavy atom. The Kier molecular flexibility index (Phi) is 7.69. The van der Waals surface area contributed by atoms with E-state index in [1.165, 1.54) is 6.42 Å². The molecule has 47 heavy (non-hydrogen) atoms. The number of carbonyl (C=O) groups excluding carboxylic acids is 1. The van der Waals surface area contributed by atoms with E-state index in [1.807, 2.05) is 41.6 Å². The van der Waals surface area contributed by atoms with Crippen LogP contribution in [-0.2, 0) is 14.3 Å². The first-order valence-corrected chi connectivity index (χ1v) is 17.1. The second kappa shape index (κ2) is 12.0. The number of piperidine rings is 1. The molecule has 4 fully saturated rings. The van der Waals surface area contributed by atoms with Crippen LogP contribution in [0.2, 0.25) is 0 Å². The molecule has 4 aliphatic rings.